The zero-order valence-corrected chi connectivity index (χ0v) is 19.6. The van der Waals surface area contributed by atoms with Crippen molar-refractivity contribution in [3.05, 3.63) is 56.2 Å². The molecule has 1 N–H and O–H groups in total. The van der Waals surface area contributed by atoms with E-state index in [0.29, 0.717) is 24.3 Å². The molecule has 4 rings (SSSR count). The first kappa shape index (κ1) is 21.8. The first-order valence-corrected chi connectivity index (χ1v) is 12.2. The summed E-state index contributed by atoms with van der Waals surface area (Å²) in [4.78, 5) is 27.3. The number of rotatable bonds is 6. The van der Waals surface area contributed by atoms with Crippen LogP contribution in [0.4, 0.5) is 0 Å². The number of nitrogens with zero attached hydrogens (tertiary/aromatic N) is 1. The lowest BCUT2D eigenvalue weighted by atomic mass is 9.87. The summed E-state index contributed by atoms with van der Waals surface area (Å²) in [6.07, 6.45) is 5.52. The van der Waals surface area contributed by atoms with Crippen molar-refractivity contribution >= 4 is 27.5 Å². The summed E-state index contributed by atoms with van der Waals surface area (Å²) in [7, 11) is 1.81. The van der Waals surface area contributed by atoms with Crippen LogP contribution in [0.15, 0.2) is 29.1 Å². The standard InChI is InChI=1S/C26H31NO3S/c1-5-8-19(26(29)30)22-21(17-13-11-16(12-14-17)15(2)3)24-23(27(4)25(22)28)18-9-6-7-10-20(18)31-24/h11-15,19H,5-10H2,1-4H3,(H,29,30). The maximum absolute atomic E-state index is 13.7. The van der Waals surface area contributed by atoms with Crippen molar-refractivity contribution in [3.63, 3.8) is 0 Å². The largest absolute Gasteiger partial charge is 0.481 e. The van der Waals surface area contributed by atoms with E-state index < -0.39 is 11.9 Å². The number of benzene rings is 1. The van der Waals surface area contributed by atoms with Gasteiger partial charge in [-0.3, -0.25) is 9.59 Å². The van der Waals surface area contributed by atoms with Crippen LogP contribution in [0.5, 0.6) is 0 Å². The number of carboxylic acid groups (broad SMARTS) is 1. The van der Waals surface area contributed by atoms with Crippen LogP contribution in [0.2, 0.25) is 0 Å². The predicted molar refractivity (Wildman–Crippen MR) is 129 cm³/mol. The molecule has 4 nitrogen and oxygen atoms in total. The third-order valence-electron chi connectivity index (χ3n) is 6.60. The maximum atomic E-state index is 13.7. The summed E-state index contributed by atoms with van der Waals surface area (Å²) >= 11 is 1.76. The van der Waals surface area contributed by atoms with Crippen molar-refractivity contribution in [1.29, 1.82) is 0 Å². The summed E-state index contributed by atoms with van der Waals surface area (Å²) < 4.78 is 2.80. The Balaban J connectivity index is 2.10. The number of thiophene rings is 1. The molecule has 0 saturated heterocycles. The van der Waals surface area contributed by atoms with Gasteiger partial charge in [0.15, 0.2) is 0 Å². The summed E-state index contributed by atoms with van der Waals surface area (Å²) in [6, 6.07) is 8.35. The molecular weight excluding hydrogens is 406 g/mol. The second-order valence-corrected chi connectivity index (χ2v) is 10.1. The van der Waals surface area contributed by atoms with Crippen LogP contribution in [-0.2, 0) is 24.7 Å². The number of fused-ring (bicyclic) bond motifs is 3. The molecule has 1 unspecified atom stereocenters. The van der Waals surface area contributed by atoms with E-state index in [-0.39, 0.29) is 5.56 Å². The number of aliphatic carboxylic acids is 1. The summed E-state index contributed by atoms with van der Waals surface area (Å²) in [5.41, 5.74) is 5.61. The van der Waals surface area contributed by atoms with Gasteiger partial charge in [0, 0.05) is 23.1 Å². The van der Waals surface area contributed by atoms with Crippen molar-refractivity contribution < 1.29 is 9.90 Å². The van der Waals surface area contributed by atoms with Crippen LogP contribution in [0.1, 0.15) is 79.9 Å². The fourth-order valence-electron chi connectivity index (χ4n) is 4.91. The third-order valence-corrected chi connectivity index (χ3v) is 7.90. The molecule has 164 valence electrons. The molecule has 2 aromatic heterocycles. The number of hydrogen-bond donors (Lipinski definition) is 1. The molecule has 2 heterocycles. The minimum Gasteiger partial charge on any atom is -0.481 e. The van der Waals surface area contributed by atoms with Crippen LogP contribution >= 0.6 is 11.3 Å². The van der Waals surface area contributed by atoms with Gasteiger partial charge in [-0.1, -0.05) is 51.5 Å². The number of aryl methyl sites for hydroxylation is 3. The van der Waals surface area contributed by atoms with Gasteiger partial charge in [-0.2, -0.15) is 0 Å². The van der Waals surface area contributed by atoms with Gasteiger partial charge in [0.25, 0.3) is 5.56 Å². The molecule has 0 spiro atoms. The lowest BCUT2D eigenvalue weighted by molar-refractivity contribution is -0.139. The number of aromatic nitrogens is 1. The molecule has 5 heteroatoms. The van der Waals surface area contributed by atoms with Gasteiger partial charge in [0.05, 0.1) is 16.1 Å². The van der Waals surface area contributed by atoms with Gasteiger partial charge < -0.3 is 9.67 Å². The number of carbonyl (C=O) groups is 1. The Morgan fingerprint density at radius 3 is 2.45 bits per heavy atom. The Bertz CT molecular complexity index is 1180. The molecular formula is C26H31NO3S. The Hall–Kier alpha value is -2.40. The van der Waals surface area contributed by atoms with E-state index in [9.17, 15) is 14.7 Å². The second kappa shape index (κ2) is 8.62. The fraction of sp³-hybridized carbons (Fsp3) is 0.462. The zero-order valence-electron chi connectivity index (χ0n) is 18.8. The van der Waals surface area contributed by atoms with Gasteiger partial charge in [-0.15, -0.1) is 11.3 Å². The van der Waals surface area contributed by atoms with E-state index in [1.165, 1.54) is 22.4 Å². The van der Waals surface area contributed by atoms with Gasteiger partial charge in [0.2, 0.25) is 0 Å². The van der Waals surface area contributed by atoms with Crippen molar-refractivity contribution in [3.8, 4) is 11.1 Å². The van der Waals surface area contributed by atoms with Gasteiger partial charge in [-0.05, 0) is 54.7 Å². The lowest BCUT2D eigenvalue weighted by Crippen LogP contribution is -2.28. The van der Waals surface area contributed by atoms with E-state index in [1.807, 2.05) is 14.0 Å². The van der Waals surface area contributed by atoms with E-state index >= 15 is 0 Å². The van der Waals surface area contributed by atoms with Crippen molar-refractivity contribution in [2.45, 2.75) is 71.1 Å². The Labute approximate surface area is 187 Å². The van der Waals surface area contributed by atoms with Crippen molar-refractivity contribution in [2.24, 2.45) is 7.05 Å². The van der Waals surface area contributed by atoms with E-state index in [0.717, 1.165) is 40.6 Å². The molecule has 0 bridgehead atoms. The average molecular weight is 438 g/mol. The topological polar surface area (TPSA) is 59.3 Å². The summed E-state index contributed by atoms with van der Waals surface area (Å²) in [5.74, 6) is -1.30. The predicted octanol–water partition coefficient (Wildman–Crippen LogP) is 6.24. The molecule has 0 amide bonds. The molecule has 1 aromatic carbocycles. The number of pyridine rings is 1. The number of hydrogen-bond acceptors (Lipinski definition) is 3. The monoisotopic (exact) mass is 437 g/mol. The van der Waals surface area contributed by atoms with Crippen LogP contribution in [-0.4, -0.2) is 15.6 Å². The molecule has 0 fully saturated rings. The highest BCUT2D eigenvalue weighted by Gasteiger charge is 2.31. The van der Waals surface area contributed by atoms with Gasteiger partial charge >= 0.3 is 5.97 Å². The minimum absolute atomic E-state index is 0.164. The van der Waals surface area contributed by atoms with E-state index in [2.05, 4.69) is 38.1 Å². The molecule has 3 aromatic rings. The normalized spacial score (nSPS) is 14.7. The quantitative estimate of drug-likeness (QED) is 0.497. The first-order valence-electron chi connectivity index (χ1n) is 11.3. The fourth-order valence-corrected chi connectivity index (χ4v) is 6.41. The molecule has 1 aliphatic carbocycles. The molecule has 1 atom stereocenters. The SMILES string of the molecule is CCCC(C(=O)O)c1c(-c2ccc(C(C)C)cc2)c2sc3c(c2n(C)c1=O)CCCC3. The highest BCUT2D eigenvalue weighted by atomic mass is 32.1. The minimum atomic E-state index is -0.917. The van der Waals surface area contributed by atoms with Crippen LogP contribution in [0.25, 0.3) is 21.3 Å². The Morgan fingerprint density at radius 2 is 1.84 bits per heavy atom. The summed E-state index contributed by atoms with van der Waals surface area (Å²) in [5, 5.41) is 10.1. The third kappa shape index (κ3) is 3.73. The van der Waals surface area contributed by atoms with Gasteiger partial charge in [0.1, 0.15) is 0 Å². The maximum Gasteiger partial charge on any atom is 0.311 e. The molecule has 1 aliphatic rings. The smallest absolute Gasteiger partial charge is 0.311 e. The Kier molecular flexibility index (Phi) is 6.07. The molecule has 31 heavy (non-hydrogen) atoms. The van der Waals surface area contributed by atoms with Crippen molar-refractivity contribution in [2.75, 3.05) is 0 Å². The van der Waals surface area contributed by atoms with Crippen LogP contribution in [0, 0.1) is 0 Å². The van der Waals surface area contributed by atoms with E-state index in [1.54, 1.807) is 15.9 Å². The van der Waals surface area contributed by atoms with Crippen LogP contribution < -0.4 is 5.56 Å². The molecule has 0 saturated carbocycles. The highest BCUT2D eigenvalue weighted by Crippen LogP contribution is 2.43. The first-order chi connectivity index (χ1) is 14.8. The highest BCUT2D eigenvalue weighted by molar-refractivity contribution is 7.19. The molecule has 0 aliphatic heterocycles. The Morgan fingerprint density at radius 1 is 1.16 bits per heavy atom. The van der Waals surface area contributed by atoms with Crippen LogP contribution in [0.3, 0.4) is 0 Å². The second-order valence-electron chi connectivity index (χ2n) is 9.00. The summed E-state index contributed by atoms with van der Waals surface area (Å²) in [6.45, 7) is 6.29. The van der Waals surface area contributed by atoms with Crippen molar-refractivity contribution in [1.82, 2.24) is 4.57 Å². The average Bonchev–Trinajstić information content (AvgIpc) is 3.14. The van der Waals surface area contributed by atoms with E-state index in [4.69, 9.17) is 0 Å². The zero-order chi connectivity index (χ0) is 22.3. The molecule has 0 radical (unpaired) electrons. The van der Waals surface area contributed by atoms with Gasteiger partial charge in [-0.25, -0.2) is 0 Å². The number of carboxylic acids is 1. The lowest BCUT2D eigenvalue weighted by Gasteiger charge is -2.20.